The van der Waals surface area contributed by atoms with Crippen LogP contribution in [0.15, 0.2) is 18.2 Å². The SMILES string of the molecule is Cc1cccc2c1CN(C1CCCC1)CC2. The molecule has 1 heteroatoms. The molecule has 2 aliphatic rings. The lowest BCUT2D eigenvalue weighted by Gasteiger charge is -2.34. The van der Waals surface area contributed by atoms with E-state index in [-0.39, 0.29) is 0 Å². The van der Waals surface area contributed by atoms with E-state index in [1.807, 2.05) is 0 Å². The lowest BCUT2D eigenvalue weighted by atomic mass is 9.94. The third-order valence-corrected chi connectivity index (χ3v) is 4.38. The molecule has 0 amide bonds. The van der Waals surface area contributed by atoms with Crippen LogP contribution in [-0.4, -0.2) is 17.5 Å². The molecule has 1 aliphatic heterocycles. The lowest BCUT2D eigenvalue weighted by molar-refractivity contribution is 0.180. The second-order valence-corrected chi connectivity index (χ2v) is 5.37. The van der Waals surface area contributed by atoms with Crippen molar-refractivity contribution in [2.24, 2.45) is 0 Å². The van der Waals surface area contributed by atoms with Gasteiger partial charge in [-0.05, 0) is 42.9 Å². The maximum absolute atomic E-state index is 2.72. The van der Waals surface area contributed by atoms with E-state index in [1.165, 1.54) is 50.8 Å². The van der Waals surface area contributed by atoms with E-state index in [0.29, 0.717) is 0 Å². The summed E-state index contributed by atoms with van der Waals surface area (Å²) in [6.45, 7) is 4.74. The van der Waals surface area contributed by atoms with Crippen molar-refractivity contribution >= 4 is 0 Å². The Morgan fingerprint density at radius 1 is 1.19 bits per heavy atom. The van der Waals surface area contributed by atoms with Gasteiger partial charge < -0.3 is 0 Å². The first kappa shape index (κ1) is 10.3. The predicted molar refractivity (Wildman–Crippen MR) is 67.5 cm³/mol. The van der Waals surface area contributed by atoms with Crippen LogP contribution in [0.3, 0.4) is 0 Å². The molecule has 0 bridgehead atoms. The molecule has 0 saturated heterocycles. The van der Waals surface area contributed by atoms with Crippen LogP contribution in [0.25, 0.3) is 0 Å². The fraction of sp³-hybridized carbons (Fsp3) is 0.600. The van der Waals surface area contributed by atoms with E-state index in [0.717, 1.165) is 6.04 Å². The quantitative estimate of drug-likeness (QED) is 0.695. The van der Waals surface area contributed by atoms with E-state index in [9.17, 15) is 0 Å². The van der Waals surface area contributed by atoms with E-state index >= 15 is 0 Å². The molecule has 1 nitrogen and oxygen atoms in total. The summed E-state index contributed by atoms with van der Waals surface area (Å²) >= 11 is 0. The Kier molecular flexibility index (Phi) is 2.72. The predicted octanol–water partition coefficient (Wildman–Crippen LogP) is 3.30. The molecular weight excluding hydrogens is 194 g/mol. The average Bonchev–Trinajstić information content (AvgIpc) is 2.83. The first-order chi connectivity index (χ1) is 7.84. The Hall–Kier alpha value is -0.820. The average molecular weight is 215 g/mol. The maximum atomic E-state index is 2.72. The number of hydrogen-bond acceptors (Lipinski definition) is 1. The summed E-state index contributed by atoms with van der Waals surface area (Å²) in [4.78, 5) is 2.72. The van der Waals surface area contributed by atoms with Crippen molar-refractivity contribution in [3.05, 3.63) is 34.9 Å². The normalized spacial score (nSPS) is 22.3. The highest BCUT2D eigenvalue weighted by molar-refractivity contribution is 5.36. The monoisotopic (exact) mass is 215 g/mol. The van der Waals surface area contributed by atoms with Gasteiger partial charge >= 0.3 is 0 Å². The standard InChI is InChI=1S/C15H21N/c1-12-5-4-6-13-9-10-16(11-15(12)13)14-7-2-3-8-14/h4-6,14H,2-3,7-11H2,1H3. The van der Waals surface area contributed by atoms with E-state index in [4.69, 9.17) is 0 Å². The second-order valence-electron chi connectivity index (χ2n) is 5.37. The summed E-state index contributed by atoms with van der Waals surface area (Å²) in [7, 11) is 0. The molecule has 0 atom stereocenters. The van der Waals surface area contributed by atoms with E-state index in [1.54, 1.807) is 11.1 Å². The zero-order valence-electron chi connectivity index (χ0n) is 10.2. The molecule has 1 aromatic rings. The molecular formula is C15H21N. The van der Waals surface area contributed by atoms with Crippen molar-refractivity contribution in [3.8, 4) is 0 Å². The van der Waals surface area contributed by atoms with Gasteiger partial charge in [0, 0.05) is 19.1 Å². The van der Waals surface area contributed by atoms with Gasteiger partial charge in [0.15, 0.2) is 0 Å². The minimum absolute atomic E-state index is 0.882. The Morgan fingerprint density at radius 3 is 2.81 bits per heavy atom. The molecule has 1 aromatic carbocycles. The van der Waals surface area contributed by atoms with Crippen LogP contribution in [-0.2, 0) is 13.0 Å². The van der Waals surface area contributed by atoms with Gasteiger partial charge in [0.2, 0.25) is 0 Å². The molecule has 1 aliphatic carbocycles. The van der Waals surface area contributed by atoms with Crippen LogP contribution < -0.4 is 0 Å². The molecule has 1 saturated carbocycles. The zero-order valence-corrected chi connectivity index (χ0v) is 10.2. The molecule has 1 heterocycles. The molecule has 0 spiro atoms. The smallest absolute Gasteiger partial charge is 0.0242 e. The Bertz CT molecular complexity index is 377. The molecule has 1 fully saturated rings. The Labute approximate surface area is 98.5 Å². The third kappa shape index (κ3) is 1.78. The molecule has 0 aromatic heterocycles. The number of aryl methyl sites for hydroxylation is 1. The topological polar surface area (TPSA) is 3.24 Å². The van der Waals surface area contributed by atoms with Crippen LogP contribution in [0.5, 0.6) is 0 Å². The Balaban J connectivity index is 1.82. The fourth-order valence-electron chi connectivity index (χ4n) is 3.35. The molecule has 0 N–H and O–H groups in total. The first-order valence-electron chi connectivity index (χ1n) is 6.66. The summed E-state index contributed by atoms with van der Waals surface area (Å²) < 4.78 is 0. The number of benzene rings is 1. The van der Waals surface area contributed by atoms with E-state index < -0.39 is 0 Å². The summed E-state index contributed by atoms with van der Waals surface area (Å²) in [5.41, 5.74) is 4.69. The molecule has 86 valence electrons. The van der Waals surface area contributed by atoms with E-state index in [2.05, 4.69) is 30.0 Å². The van der Waals surface area contributed by atoms with Crippen molar-refractivity contribution in [1.29, 1.82) is 0 Å². The Morgan fingerprint density at radius 2 is 2.00 bits per heavy atom. The van der Waals surface area contributed by atoms with Crippen LogP contribution in [0.4, 0.5) is 0 Å². The van der Waals surface area contributed by atoms with Crippen molar-refractivity contribution in [3.63, 3.8) is 0 Å². The summed E-state index contributed by atoms with van der Waals surface area (Å²) in [5, 5.41) is 0. The minimum Gasteiger partial charge on any atom is -0.296 e. The molecule has 0 unspecified atom stereocenters. The molecule has 3 rings (SSSR count). The third-order valence-electron chi connectivity index (χ3n) is 4.38. The maximum Gasteiger partial charge on any atom is 0.0242 e. The van der Waals surface area contributed by atoms with Gasteiger partial charge in [0.05, 0.1) is 0 Å². The fourth-order valence-corrected chi connectivity index (χ4v) is 3.35. The van der Waals surface area contributed by atoms with Crippen molar-refractivity contribution in [2.45, 2.75) is 51.6 Å². The van der Waals surface area contributed by atoms with Gasteiger partial charge in [0.25, 0.3) is 0 Å². The van der Waals surface area contributed by atoms with Crippen molar-refractivity contribution < 1.29 is 0 Å². The van der Waals surface area contributed by atoms with Gasteiger partial charge in [0.1, 0.15) is 0 Å². The summed E-state index contributed by atoms with van der Waals surface area (Å²) in [6, 6.07) is 7.66. The van der Waals surface area contributed by atoms with Gasteiger partial charge in [-0.1, -0.05) is 31.0 Å². The number of nitrogens with zero attached hydrogens (tertiary/aromatic N) is 1. The molecule has 16 heavy (non-hydrogen) atoms. The number of rotatable bonds is 1. The number of fused-ring (bicyclic) bond motifs is 1. The van der Waals surface area contributed by atoms with Crippen LogP contribution in [0.1, 0.15) is 42.4 Å². The van der Waals surface area contributed by atoms with Crippen molar-refractivity contribution in [2.75, 3.05) is 6.54 Å². The van der Waals surface area contributed by atoms with Crippen LogP contribution >= 0.6 is 0 Å². The summed E-state index contributed by atoms with van der Waals surface area (Å²) in [6.07, 6.45) is 7.01. The van der Waals surface area contributed by atoms with Crippen LogP contribution in [0.2, 0.25) is 0 Å². The zero-order chi connectivity index (χ0) is 11.0. The first-order valence-corrected chi connectivity index (χ1v) is 6.66. The van der Waals surface area contributed by atoms with Crippen LogP contribution in [0, 0.1) is 6.92 Å². The van der Waals surface area contributed by atoms with Gasteiger partial charge in [-0.2, -0.15) is 0 Å². The number of hydrogen-bond donors (Lipinski definition) is 0. The second kappa shape index (κ2) is 4.21. The van der Waals surface area contributed by atoms with Gasteiger partial charge in [-0.25, -0.2) is 0 Å². The lowest BCUT2D eigenvalue weighted by Crippen LogP contribution is -2.38. The minimum atomic E-state index is 0.882. The highest BCUT2D eigenvalue weighted by Crippen LogP contribution is 2.29. The largest absolute Gasteiger partial charge is 0.296 e. The summed E-state index contributed by atoms with van der Waals surface area (Å²) in [5.74, 6) is 0. The van der Waals surface area contributed by atoms with Crippen molar-refractivity contribution in [1.82, 2.24) is 4.90 Å². The highest BCUT2D eigenvalue weighted by atomic mass is 15.2. The van der Waals surface area contributed by atoms with Gasteiger partial charge in [-0.15, -0.1) is 0 Å². The van der Waals surface area contributed by atoms with Gasteiger partial charge in [-0.3, -0.25) is 4.90 Å². The highest BCUT2D eigenvalue weighted by Gasteiger charge is 2.26. The molecule has 0 radical (unpaired) electrons.